The first-order valence-electron chi connectivity index (χ1n) is 10.1. The third-order valence-electron chi connectivity index (χ3n) is 6.53. The second kappa shape index (κ2) is 6.54. The molecule has 1 N–H and O–H groups in total. The number of piperidine rings is 1. The number of hydrogen-bond donors (Lipinski definition) is 1. The standard InChI is InChI=1S/C22H30N2O3/c1-21(2,3)18-6-4-15(5-7-18)16-8-10-24(11-9-16)19(25)17-12-22(13-17)14-27-20(26)23-22/h4-7,16-17H,8-14H2,1-3H3,(H,23,26). The van der Waals surface area contributed by atoms with Gasteiger partial charge in [0.25, 0.3) is 0 Å². The zero-order chi connectivity index (χ0) is 19.2. The molecule has 1 aliphatic carbocycles. The van der Waals surface area contributed by atoms with E-state index in [4.69, 9.17) is 4.74 Å². The van der Waals surface area contributed by atoms with Gasteiger partial charge in [0.05, 0.1) is 5.54 Å². The lowest BCUT2D eigenvalue weighted by Gasteiger charge is -2.45. The Hall–Kier alpha value is -2.04. The van der Waals surface area contributed by atoms with E-state index in [1.54, 1.807) is 0 Å². The van der Waals surface area contributed by atoms with Crippen LogP contribution in [-0.2, 0) is 14.9 Å². The van der Waals surface area contributed by atoms with Gasteiger partial charge in [-0.05, 0) is 48.1 Å². The van der Waals surface area contributed by atoms with Crippen molar-refractivity contribution in [3.63, 3.8) is 0 Å². The van der Waals surface area contributed by atoms with Gasteiger partial charge in [-0.2, -0.15) is 0 Å². The molecule has 1 saturated carbocycles. The summed E-state index contributed by atoms with van der Waals surface area (Å²) in [4.78, 5) is 26.0. The molecule has 3 fully saturated rings. The van der Waals surface area contributed by atoms with Gasteiger partial charge in [-0.1, -0.05) is 45.0 Å². The van der Waals surface area contributed by atoms with Crippen LogP contribution in [0.15, 0.2) is 24.3 Å². The van der Waals surface area contributed by atoms with Crippen LogP contribution in [0.1, 0.15) is 63.5 Å². The summed E-state index contributed by atoms with van der Waals surface area (Å²) < 4.78 is 5.00. The Labute approximate surface area is 161 Å². The highest BCUT2D eigenvalue weighted by atomic mass is 16.6. The molecule has 5 nitrogen and oxygen atoms in total. The largest absolute Gasteiger partial charge is 0.447 e. The molecule has 2 aliphatic heterocycles. The predicted octanol–water partition coefficient (Wildman–Crippen LogP) is 3.58. The molecule has 5 heteroatoms. The minimum Gasteiger partial charge on any atom is -0.447 e. The van der Waals surface area contributed by atoms with Crippen molar-refractivity contribution in [2.45, 2.75) is 63.3 Å². The Morgan fingerprint density at radius 2 is 1.78 bits per heavy atom. The molecule has 2 heterocycles. The number of nitrogens with zero attached hydrogens (tertiary/aromatic N) is 1. The zero-order valence-corrected chi connectivity index (χ0v) is 16.6. The Morgan fingerprint density at radius 1 is 1.15 bits per heavy atom. The first-order valence-corrected chi connectivity index (χ1v) is 10.1. The molecular weight excluding hydrogens is 340 g/mol. The minimum absolute atomic E-state index is 0.0367. The predicted molar refractivity (Wildman–Crippen MR) is 104 cm³/mol. The smallest absolute Gasteiger partial charge is 0.407 e. The molecule has 1 aromatic carbocycles. The second-order valence-electron chi connectivity index (χ2n) is 9.56. The Kier molecular flexibility index (Phi) is 4.44. The van der Waals surface area contributed by atoms with Crippen molar-refractivity contribution in [3.8, 4) is 0 Å². The van der Waals surface area contributed by atoms with Crippen molar-refractivity contribution < 1.29 is 14.3 Å². The molecule has 1 aromatic rings. The van der Waals surface area contributed by atoms with E-state index < -0.39 is 0 Å². The molecule has 1 spiro atoms. The highest BCUT2D eigenvalue weighted by Crippen LogP contribution is 2.42. The molecular formula is C22H30N2O3. The minimum atomic E-state index is -0.348. The third-order valence-corrected chi connectivity index (χ3v) is 6.53. The van der Waals surface area contributed by atoms with Crippen LogP contribution in [-0.4, -0.2) is 42.1 Å². The summed E-state index contributed by atoms with van der Waals surface area (Å²) in [5, 5.41) is 2.87. The van der Waals surface area contributed by atoms with Gasteiger partial charge in [0.2, 0.25) is 5.91 Å². The molecule has 146 valence electrons. The molecule has 4 rings (SSSR count). The Bertz CT molecular complexity index is 721. The van der Waals surface area contributed by atoms with Gasteiger partial charge in [-0.3, -0.25) is 4.79 Å². The van der Waals surface area contributed by atoms with Crippen molar-refractivity contribution in [2.24, 2.45) is 5.92 Å². The van der Waals surface area contributed by atoms with Crippen LogP contribution in [0.3, 0.4) is 0 Å². The number of ether oxygens (including phenoxy) is 1. The lowest BCUT2D eigenvalue weighted by Crippen LogP contribution is -2.58. The number of hydrogen-bond acceptors (Lipinski definition) is 3. The average Bonchev–Trinajstić information content (AvgIpc) is 3.02. The summed E-state index contributed by atoms with van der Waals surface area (Å²) in [6.45, 7) is 8.77. The van der Waals surface area contributed by atoms with Crippen molar-refractivity contribution in [1.82, 2.24) is 10.2 Å². The average molecular weight is 370 g/mol. The van der Waals surface area contributed by atoms with E-state index in [2.05, 4.69) is 50.4 Å². The van der Waals surface area contributed by atoms with E-state index in [1.165, 1.54) is 11.1 Å². The lowest BCUT2D eigenvalue weighted by molar-refractivity contribution is -0.142. The fourth-order valence-electron chi connectivity index (χ4n) is 4.72. The van der Waals surface area contributed by atoms with Crippen LogP contribution in [0.4, 0.5) is 4.79 Å². The molecule has 0 unspecified atom stereocenters. The molecule has 2 amide bonds. The SMILES string of the molecule is CC(C)(C)c1ccc(C2CCN(C(=O)C3CC4(COC(=O)N4)C3)CC2)cc1. The van der Waals surface area contributed by atoms with Gasteiger partial charge < -0.3 is 15.0 Å². The molecule has 0 radical (unpaired) electrons. The Balaban J connectivity index is 1.29. The summed E-state index contributed by atoms with van der Waals surface area (Å²) >= 11 is 0. The van der Waals surface area contributed by atoms with Gasteiger partial charge in [-0.15, -0.1) is 0 Å². The van der Waals surface area contributed by atoms with Gasteiger partial charge in [0.15, 0.2) is 0 Å². The number of rotatable bonds is 2. The number of carbonyl (C=O) groups excluding carboxylic acids is 2. The topological polar surface area (TPSA) is 58.6 Å². The van der Waals surface area contributed by atoms with Gasteiger partial charge >= 0.3 is 6.09 Å². The van der Waals surface area contributed by atoms with Crippen LogP contribution in [0.25, 0.3) is 0 Å². The number of benzene rings is 1. The normalized spacial score (nSPS) is 28.6. The quantitative estimate of drug-likeness (QED) is 0.866. The molecule has 0 aromatic heterocycles. The van der Waals surface area contributed by atoms with Gasteiger partial charge in [-0.25, -0.2) is 4.79 Å². The first-order chi connectivity index (χ1) is 12.8. The van der Waals surface area contributed by atoms with Crippen LogP contribution >= 0.6 is 0 Å². The molecule has 2 saturated heterocycles. The summed E-state index contributed by atoms with van der Waals surface area (Å²) in [6, 6.07) is 9.03. The second-order valence-corrected chi connectivity index (χ2v) is 9.56. The zero-order valence-electron chi connectivity index (χ0n) is 16.6. The van der Waals surface area contributed by atoms with E-state index in [9.17, 15) is 9.59 Å². The summed E-state index contributed by atoms with van der Waals surface area (Å²) in [6.07, 6.45) is 3.13. The van der Waals surface area contributed by atoms with Gasteiger partial charge in [0, 0.05) is 19.0 Å². The maximum Gasteiger partial charge on any atom is 0.407 e. The molecule has 3 aliphatic rings. The maximum atomic E-state index is 12.8. The number of nitrogens with one attached hydrogen (secondary N) is 1. The molecule has 27 heavy (non-hydrogen) atoms. The number of cyclic esters (lactones) is 1. The molecule has 0 bridgehead atoms. The van der Waals surface area contributed by atoms with E-state index in [0.29, 0.717) is 25.4 Å². The van der Waals surface area contributed by atoms with Crippen LogP contribution in [0.5, 0.6) is 0 Å². The summed E-state index contributed by atoms with van der Waals surface area (Å²) in [5.74, 6) is 0.830. The highest BCUT2D eigenvalue weighted by molar-refractivity contribution is 5.81. The van der Waals surface area contributed by atoms with E-state index in [0.717, 1.165) is 25.9 Å². The van der Waals surface area contributed by atoms with Crippen molar-refractivity contribution in [2.75, 3.05) is 19.7 Å². The molecule has 0 atom stereocenters. The van der Waals surface area contributed by atoms with Crippen LogP contribution < -0.4 is 5.32 Å². The number of likely N-dealkylation sites (tertiary alicyclic amines) is 1. The number of carbonyl (C=O) groups is 2. The van der Waals surface area contributed by atoms with Crippen LogP contribution in [0.2, 0.25) is 0 Å². The van der Waals surface area contributed by atoms with E-state index in [-0.39, 0.29) is 28.9 Å². The van der Waals surface area contributed by atoms with Gasteiger partial charge in [0.1, 0.15) is 6.61 Å². The van der Waals surface area contributed by atoms with Crippen molar-refractivity contribution >= 4 is 12.0 Å². The maximum absolute atomic E-state index is 12.8. The monoisotopic (exact) mass is 370 g/mol. The van der Waals surface area contributed by atoms with E-state index in [1.807, 2.05) is 4.90 Å². The Morgan fingerprint density at radius 3 is 2.30 bits per heavy atom. The fourth-order valence-corrected chi connectivity index (χ4v) is 4.72. The lowest BCUT2D eigenvalue weighted by atomic mass is 9.68. The fraction of sp³-hybridized carbons (Fsp3) is 0.636. The van der Waals surface area contributed by atoms with Crippen molar-refractivity contribution in [1.29, 1.82) is 0 Å². The first kappa shape index (κ1) is 18.3. The highest BCUT2D eigenvalue weighted by Gasteiger charge is 2.53. The number of amides is 2. The summed E-state index contributed by atoms with van der Waals surface area (Å²) in [7, 11) is 0. The number of alkyl carbamates (subject to hydrolysis) is 1. The summed E-state index contributed by atoms with van der Waals surface area (Å²) in [5.41, 5.74) is 2.66. The van der Waals surface area contributed by atoms with Crippen molar-refractivity contribution in [3.05, 3.63) is 35.4 Å². The van der Waals surface area contributed by atoms with Crippen LogP contribution in [0, 0.1) is 5.92 Å². The third kappa shape index (κ3) is 3.56. The van der Waals surface area contributed by atoms with E-state index >= 15 is 0 Å².